The van der Waals surface area contributed by atoms with Gasteiger partial charge in [0.15, 0.2) is 0 Å². The van der Waals surface area contributed by atoms with Gasteiger partial charge in [-0.2, -0.15) is 13.2 Å². The normalized spacial score (nSPS) is 16.5. The van der Waals surface area contributed by atoms with Crippen LogP contribution >= 0.6 is 35.0 Å². The first-order valence-corrected chi connectivity index (χ1v) is 9.20. The molecule has 0 saturated carbocycles. The number of anilines is 2. The topological polar surface area (TPSA) is 58.2 Å². The lowest BCUT2D eigenvalue weighted by Crippen LogP contribution is -2.32. The average molecular weight is 435 g/mol. The predicted molar refractivity (Wildman–Crippen MR) is 99.4 cm³/mol. The van der Waals surface area contributed by atoms with Crippen molar-refractivity contribution in [1.29, 1.82) is 0 Å². The van der Waals surface area contributed by atoms with Crippen molar-refractivity contribution < 1.29 is 22.8 Å². The first-order chi connectivity index (χ1) is 12.6. The molecule has 2 aromatic carbocycles. The van der Waals surface area contributed by atoms with E-state index >= 15 is 0 Å². The molecule has 4 nitrogen and oxygen atoms in total. The van der Waals surface area contributed by atoms with Crippen molar-refractivity contribution in [2.75, 3.05) is 10.6 Å². The van der Waals surface area contributed by atoms with Crippen LogP contribution in [0.4, 0.5) is 24.5 Å². The largest absolute Gasteiger partial charge is 0.416 e. The Morgan fingerprint density at radius 1 is 1.15 bits per heavy atom. The van der Waals surface area contributed by atoms with Gasteiger partial charge in [-0.25, -0.2) is 0 Å². The van der Waals surface area contributed by atoms with Gasteiger partial charge in [-0.3, -0.25) is 9.59 Å². The number of carbonyl (C=O) groups excluding carboxylic acids is 2. The Morgan fingerprint density at radius 3 is 2.44 bits per heavy atom. The van der Waals surface area contributed by atoms with Gasteiger partial charge in [0.05, 0.1) is 16.5 Å². The molecule has 1 heterocycles. The number of amides is 2. The molecular formula is C17H11Cl2F3N2O2S. The Labute approximate surface area is 166 Å². The molecule has 0 fully saturated rings. The third-order valence-corrected chi connectivity index (χ3v) is 5.36. The molecule has 2 amide bonds. The van der Waals surface area contributed by atoms with Crippen LogP contribution in [0.25, 0.3) is 0 Å². The van der Waals surface area contributed by atoms with Gasteiger partial charge in [0.25, 0.3) is 0 Å². The zero-order valence-electron chi connectivity index (χ0n) is 13.4. The maximum absolute atomic E-state index is 12.8. The number of rotatable bonds is 3. The highest BCUT2D eigenvalue weighted by atomic mass is 35.5. The van der Waals surface area contributed by atoms with Gasteiger partial charge >= 0.3 is 6.18 Å². The number of thioether (sulfide) groups is 1. The van der Waals surface area contributed by atoms with Crippen molar-refractivity contribution in [2.45, 2.75) is 22.7 Å². The van der Waals surface area contributed by atoms with Crippen molar-refractivity contribution in [3.8, 4) is 0 Å². The van der Waals surface area contributed by atoms with E-state index < -0.39 is 28.8 Å². The van der Waals surface area contributed by atoms with E-state index in [-0.39, 0.29) is 12.1 Å². The van der Waals surface area contributed by atoms with E-state index in [0.29, 0.717) is 20.6 Å². The number of fused-ring (bicyclic) bond motifs is 1. The summed E-state index contributed by atoms with van der Waals surface area (Å²) in [5.74, 6) is -0.984. The molecule has 27 heavy (non-hydrogen) atoms. The third kappa shape index (κ3) is 4.88. The molecule has 1 aliphatic rings. The maximum Gasteiger partial charge on any atom is 0.416 e. The van der Waals surface area contributed by atoms with Gasteiger partial charge in [0.2, 0.25) is 11.8 Å². The van der Waals surface area contributed by atoms with Crippen LogP contribution in [-0.2, 0) is 15.8 Å². The zero-order valence-corrected chi connectivity index (χ0v) is 15.7. The van der Waals surface area contributed by atoms with Crippen LogP contribution in [0.2, 0.25) is 10.0 Å². The minimum Gasteiger partial charge on any atom is -0.326 e. The van der Waals surface area contributed by atoms with E-state index in [1.54, 1.807) is 0 Å². The van der Waals surface area contributed by atoms with Gasteiger partial charge in [0.1, 0.15) is 0 Å². The van der Waals surface area contributed by atoms with Gasteiger partial charge in [-0.05, 0) is 36.4 Å². The molecule has 0 saturated heterocycles. The molecular weight excluding hydrogens is 424 g/mol. The van der Waals surface area contributed by atoms with Crippen molar-refractivity contribution >= 4 is 58.2 Å². The molecule has 0 aromatic heterocycles. The van der Waals surface area contributed by atoms with Crippen LogP contribution in [0.1, 0.15) is 12.0 Å². The second-order valence-corrected chi connectivity index (χ2v) is 7.83. The number of benzene rings is 2. The van der Waals surface area contributed by atoms with Gasteiger partial charge in [-0.1, -0.05) is 23.2 Å². The van der Waals surface area contributed by atoms with Crippen LogP contribution in [0.5, 0.6) is 0 Å². The number of alkyl halides is 3. The van der Waals surface area contributed by atoms with Crippen LogP contribution in [0.3, 0.4) is 0 Å². The molecule has 1 atom stereocenters. The molecule has 0 aliphatic carbocycles. The van der Waals surface area contributed by atoms with Gasteiger partial charge < -0.3 is 10.6 Å². The highest BCUT2D eigenvalue weighted by Crippen LogP contribution is 2.40. The lowest BCUT2D eigenvalue weighted by atomic mass is 10.1. The fraction of sp³-hybridized carbons (Fsp3) is 0.176. The van der Waals surface area contributed by atoms with Crippen LogP contribution < -0.4 is 10.6 Å². The molecule has 0 bridgehead atoms. The SMILES string of the molecule is O=C(CC1Sc2ccc(C(F)(F)F)cc2NC1=O)Nc1cc(Cl)cc(Cl)c1. The molecule has 2 aromatic rings. The van der Waals surface area contributed by atoms with E-state index in [1.807, 2.05) is 0 Å². The van der Waals surface area contributed by atoms with Crippen LogP contribution in [0.15, 0.2) is 41.3 Å². The molecule has 0 spiro atoms. The first-order valence-electron chi connectivity index (χ1n) is 7.56. The van der Waals surface area contributed by atoms with E-state index in [1.165, 1.54) is 24.3 Å². The average Bonchev–Trinajstić information content (AvgIpc) is 2.53. The zero-order chi connectivity index (χ0) is 19.8. The van der Waals surface area contributed by atoms with Gasteiger partial charge in [0, 0.05) is 27.0 Å². The Kier molecular flexibility index (Phi) is 5.60. The summed E-state index contributed by atoms with van der Waals surface area (Å²) in [5, 5.41) is 4.94. The highest BCUT2D eigenvalue weighted by molar-refractivity contribution is 8.01. The summed E-state index contributed by atoms with van der Waals surface area (Å²) in [5.41, 5.74) is -0.386. The fourth-order valence-corrected chi connectivity index (χ4v) is 4.08. The fourth-order valence-electron chi connectivity index (χ4n) is 2.47. The van der Waals surface area contributed by atoms with E-state index in [9.17, 15) is 22.8 Å². The number of halogens is 5. The lowest BCUT2D eigenvalue weighted by molar-refractivity contribution is -0.137. The molecule has 3 rings (SSSR count). The quantitative estimate of drug-likeness (QED) is 0.674. The summed E-state index contributed by atoms with van der Waals surface area (Å²) in [7, 11) is 0. The molecule has 1 aliphatic heterocycles. The summed E-state index contributed by atoms with van der Waals surface area (Å²) in [6.07, 6.45) is -4.67. The number of hydrogen-bond donors (Lipinski definition) is 2. The predicted octanol–water partition coefficient (Wildman–Crippen LogP) is 5.45. The minimum atomic E-state index is -4.50. The van der Waals surface area contributed by atoms with Crippen molar-refractivity contribution in [1.82, 2.24) is 0 Å². The number of nitrogens with one attached hydrogen (secondary N) is 2. The number of hydrogen-bond acceptors (Lipinski definition) is 3. The molecule has 142 valence electrons. The summed E-state index contributed by atoms with van der Waals surface area (Å²) < 4.78 is 38.3. The van der Waals surface area contributed by atoms with E-state index in [2.05, 4.69) is 10.6 Å². The van der Waals surface area contributed by atoms with Crippen LogP contribution in [-0.4, -0.2) is 17.1 Å². The Balaban J connectivity index is 1.70. The first kappa shape index (κ1) is 19.9. The summed E-state index contributed by atoms with van der Waals surface area (Å²) >= 11 is 12.8. The second-order valence-electron chi connectivity index (χ2n) is 5.71. The van der Waals surface area contributed by atoms with Gasteiger partial charge in [-0.15, -0.1) is 11.8 Å². The Morgan fingerprint density at radius 2 is 1.81 bits per heavy atom. The second kappa shape index (κ2) is 7.61. The molecule has 1 unspecified atom stereocenters. The Hall–Kier alpha value is -1.90. The van der Waals surface area contributed by atoms with Crippen molar-refractivity contribution in [3.63, 3.8) is 0 Å². The summed E-state index contributed by atoms with van der Waals surface area (Å²) in [6, 6.07) is 7.62. The third-order valence-electron chi connectivity index (χ3n) is 3.64. The van der Waals surface area contributed by atoms with Crippen molar-refractivity contribution in [3.05, 3.63) is 52.0 Å². The standard InChI is InChI=1S/C17H11Cl2F3N2O2S/c18-9-4-10(19)6-11(5-9)23-15(25)7-14-16(26)24-12-3-8(17(20,21)22)1-2-13(12)27-14/h1-6,14H,7H2,(H,23,25)(H,24,26). The summed E-state index contributed by atoms with van der Waals surface area (Å²) in [6.45, 7) is 0. The van der Waals surface area contributed by atoms with E-state index in [4.69, 9.17) is 23.2 Å². The minimum absolute atomic E-state index is 0.0816. The van der Waals surface area contributed by atoms with Crippen molar-refractivity contribution in [2.24, 2.45) is 0 Å². The van der Waals surface area contributed by atoms with Crippen LogP contribution in [0, 0.1) is 0 Å². The molecule has 0 radical (unpaired) electrons. The monoisotopic (exact) mass is 434 g/mol. The van der Waals surface area contributed by atoms with E-state index in [0.717, 1.165) is 23.9 Å². The molecule has 10 heteroatoms. The smallest absolute Gasteiger partial charge is 0.326 e. The summed E-state index contributed by atoms with van der Waals surface area (Å²) in [4.78, 5) is 24.8. The number of carbonyl (C=O) groups is 2. The lowest BCUT2D eigenvalue weighted by Gasteiger charge is -2.24. The molecule has 2 N–H and O–H groups in total. The maximum atomic E-state index is 12.8. The highest BCUT2D eigenvalue weighted by Gasteiger charge is 2.34. The Bertz CT molecular complexity index is 901.